The van der Waals surface area contributed by atoms with Gasteiger partial charge in [0, 0.05) is 36.3 Å². The van der Waals surface area contributed by atoms with E-state index in [1.807, 2.05) is 35.3 Å². The van der Waals surface area contributed by atoms with E-state index in [-0.39, 0.29) is 6.04 Å². The summed E-state index contributed by atoms with van der Waals surface area (Å²) in [5.41, 5.74) is 2.23. The molecule has 3 aromatic heterocycles. The number of nitrogens with zero attached hydrogens (tertiary/aromatic N) is 2. The van der Waals surface area contributed by atoms with Crippen molar-refractivity contribution in [2.45, 2.75) is 32.0 Å². The summed E-state index contributed by atoms with van der Waals surface area (Å²) in [6.45, 7) is 2.86. The van der Waals surface area contributed by atoms with Crippen LogP contribution < -0.4 is 5.32 Å². The smallest absolute Gasteiger partial charge is 0.107 e. The van der Waals surface area contributed by atoms with Gasteiger partial charge in [-0.25, -0.2) is 0 Å². The molecule has 3 rings (SSSR count). The Kier molecular flexibility index (Phi) is 5.27. The van der Waals surface area contributed by atoms with Crippen LogP contribution in [0.3, 0.4) is 0 Å². The van der Waals surface area contributed by atoms with Gasteiger partial charge in [0.2, 0.25) is 0 Å². The highest BCUT2D eigenvalue weighted by Gasteiger charge is 2.15. The predicted octanol–water partition coefficient (Wildman–Crippen LogP) is 3.81. The third kappa shape index (κ3) is 4.09. The molecule has 122 valence electrons. The average Bonchev–Trinajstić information content (AvgIpc) is 3.26. The lowest BCUT2D eigenvalue weighted by atomic mass is 10.1. The first-order valence-corrected chi connectivity index (χ1v) is 9.40. The fraction of sp³-hybridized carbons (Fsp3) is 0.353. The van der Waals surface area contributed by atoms with E-state index in [0.29, 0.717) is 6.42 Å². The monoisotopic (exact) mass is 347 g/mol. The Hall–Kier alpha value is -1.47. The van der Waals surface area contributed by atoms with Crippen LogP contribution in [0, 0.1) is 0 Å². The summed E-state index contributed by atoms with van der Waals surface area (Å²) in [5.74, 6) is 0. The van der Waals surface area contributed by atoms with Gasteiger partial charge < -0.3 is 10.4 Å². The molecule has 0 radical (unpaired) electrons. The minimum absolute atomic E-state index is 0.225. The van der Waals surface area contributed by atoms with Crippen LogP contribution in [0.5, 0.6) is 0 Å². The second-order valence-corrected chi connectivity index (χ2v) is 7.63. The van der Waals surface area contributed by atoms with E-state index in [9.17, 15) is 5.11 Å². The van der Waals surface area contributed by atoms with Gasteiger partial charge >= 0.3 is 0 Å². The van der Waals surface area contributed by atoms with Gasteiger partial charge in [-0.1, -0.05) is 12.1 Å². The molecule has 2 atom stereocenters. The van der Waals surface area contributed by atoms with Crippen LogP contribution >= 0.6 is 22.7 Å². The van der Waals surface area contributed by atoms with Crippen LogP contribution in [0.25, 0.3) is 10.6 Å². The standard InChI is InChI=1S/C17H21N3OS2/c1-12(9-14(21)15-5-3-7-22-15)18-10-13-11-20(2)19-17(13)16-6-4-8-23-16/h3-8,11-12,14,18,21H,9-10H2,1-2H3. The number of thiophene rings is 2. The molecule has 0 aromatic carbocycles. The first-order valence-electron chi connectivity index (χ1n) is 7.64. The minimum atomic E-state index is -0.400. The van der Waals surface area contributed by atoms with Crippen molar-refractivity contribution in [3.05, 3.63) is 51.7 Å². The highest BCUT2D eigenvalue weighted by atomic mass is 32.1. The van der Waals surface area contributed by atoms with Crippen molar-refractivity contribution in [3.63, 3.8) is 0 Å². The molecule has 0 bridgehead atoms. The molecule has 0 aliphatic heterocycles. The van der Waals surface area contributed by atoms with Crippen LogP contribution in [0.4, 0.5) is 0 Å². The molecular formula is C17H21N3OS2. The van der Waals surface area contributed by atoms with Gasteiger partial charge in [0.25, 0.3) is 0 Å². The highest BCUT2D eigenvalue weighted by molar-refractivity contribution is 7.13. The molecule has 2 N–H and O–H groups in total. The van der Waals surface area contributed by atoms with E-state index in [4.69, 9.17) is 0 Å². The zero-order chi connectivity index (χ0) is 16.2. The Labute approximate surface area is 144 Å². The molecule has 23 heavy (non-hydrogen) atoms. The third-order valence-corrected chi connectivity index (χ3v) is 5.60. The van der Waals surface area contributed by atoms with Gasteiger partial charge in [-0.05, 0) is 36.2 Å². The SMILES string of the molecule is CC(CC(O)c1cccs1)NCc1cn(C)nc1-c1cccs1. The molecule has 0 aliphatic carbocycles. The summed E-state index contributed by atoms with van der Waals surface area (Å²) in [5, 5.41) is 22.4. The topological polar surface area (TPSA) is 50.1 Å². The predicted molar refractivity (Wildman–Crippen MR) is 96.7 cm³/mol. The van der Waals surface area contributed by atoms with Crippen molar-refractivity contribution in [1.82, 2.24) is 15.1 Å². The van der Waals surface area contributed by atoms with Crippen molar-refractivity contribution in [2.24, 2.45) is 7.05 Å². The molecule has 6 heteroatoms. The molecular weight excluding hydrogens is 326 g/mol. The van der Waals surface area contributed by atoms with Gasteiger partial charge in [0.1, 0.15) is 5.69 Å². The maximum atomic E-state index is 10.2. The van der Waals surface area contributed by atoms with Crippen molar-refractivity contribution in [3.8, 4) is 10.6 Å². The zero-order valence-corrected chi connectivity index (χ0v) is 14.9. The Morgan fingerprint density at radius 2 is 2.04 bits per heavy atom. The van der Waals surface area contributed by atoms with Crippen LogP contribution in [-0.4, -0.2) is 20.9 Å². The van der Waals surface area contributed by atoms with E-state index in [1.54, 1.807) is 22.7 Å². The fourth-order valence-corrected chi connectivity index (χ4v) is 4.06. The second-order valence-electron chi connectivity index (χ2n) is 5.70. The lowest BCUT2D eigenvalue weighted by molar-refractivity contribution is 0.157. The second kappa shape index (κ2) is 7.40. The van der Waals surface area contributed by atoms with E-state index in [2.05, 4.69) is 35.0 Å². The Morgan fingerprint density at radius 1 is 1.26 bits per heavy atom. The lowest BCUT2D eigenvalue weighted by Crippen LogP contribution is -2.27. The van der Waals surface area contributed by atoms with E-state index in [0.717, 1.165) is 17.1 Å². The molecule has 4 nitrogen and oxygen atoms in total. The number of aromatic nitrogens is 2. The maximum Gasteiger partial charge on any atom is 0.107 e. The molecule has 0 saturated carbocycles. The maximum absolute atomic E-state index is 10.2. The van der Waals surface area contributed by atoms with Gasteiger partial charge in [0.15, 0.2) is 0 Å². The molecule has 0 saturated heterocycles. The lowest BCUT2D eigenvalue weighted by Gasteiger charge is -2.17. The van der Waals surface area contributed by atoms with Crippen LogP contribution in [0.2, 0.25) is 0 Å². The van der Waals surface area contributed by atoms with Crippen LogP contribution in [-0.2, 0) is 13.6 Å². The summed E-state index contributed by atoms with van der Waals surface area (Å²) in [6.07, 6.45) is 2.36. The Balaban J connectivity index is 1.60. The molecule has 3 heterocycles. The summed E-state index contributed by atoms with van der Waals surface area (Å²) < 4.78 is 1.86. The summed E-state index contributed by atoms with van der Waals surface area (Å²) in [7, 11) is 1.95. The van der Waals surface area contributed by atoms with Crippen molar-refractivity contribution < 1.29 is 5.11 Å². The van der Waals surface area contributed by atoms with Crippen molar-refractivity contribution >= 4 is 22.7 Å². The highest BCUT2D eigenvalue weighted by Crippen LogP contribution is 2.27. The van der Waals surface area contributed by atoms with Gasteiger partial charge in [-0.2, -0.15) is 5.10 Å². The number of nitrogens with one attached hydrogen (secondary N) is 1. The molecule has 2 unspecified atom stereocenters. The van der Waals surface area contributed by atoms with Gasteiger partial charge in [-0.15, -0.1) is 22.7 Å². The average molecular weight is 348 g/mol. The molecule has 0 amide bonds. The number of hydrogen-bond donors (Lipinski definition) is 2. The van der Waals surface area contributed by atoms with Crippen molar-refractivity contribution in [1.29, 1.82) is 0 Å². The van der Waals surface area contributed by atoms with E-state index < -0.39 is 6.10 Å². The van der Waals surface area contributed by atoms with Crippen molar-refractivity contribution in [2.75, 3.05) is 0 Å². The zero-order valence-electron chi connectivity index (χ0n) is 13.3. The number of aliphatic hydroxyl groups is 1. The summed E-state index contributed by atoms with van der Waals surface area (Å²) >= 11 is 3.31. The van der Waals surface area contributed by atoms with E-state index >= 15 is 0 Å². The van der Waals surface area contributed by atoms with E-state index in [1.165, 1.54) is 10.4 Å². The largest absolute Gasteiger partial charge is 0.388 e. The first-order chi connectivity index (χ1) is 11.1. The number of aliphatic hydroxyl groups excluding tert-OH is 1. The normalized spacial score (nSPS) is 14.0. The Bertz CT molecular complexity index is 719. The summed E-state index contributed by atoms with van der Waals surface area (Å²) in [6, 6.07) is 8.33. The van der Waals surface area contributed by atoms with Gasteiger partial charge in [0.05, 0.1) is 11.0 Å². The number of rotatable bonds is 7. The third-order valence-electron chi connectivity index (χ3n) is 3.75. The Morgan fingerprint density at radius 3 is 2.74 bits per heavy atom. The first kappa shape index (κ1) is 16.4. The van der Waals surface area contributed by atoms with Gasteiger partial charge in [-0.3, -0.25) is 4.68 Å². The van der Waals surface area contributed by atoms with Crippen LogP contribution in [0.1, 0.15) is 29.9 Å². The fourth-order valence-electron chi connectivity index (χ4n) is 2.59. The minimum Gasteiger partial charge on any atom is -0.388 e. The molecule has 0 spiro atoms. The number of hydrogen-bond acceptors (Lipinski definition) is 5. The van der Waals surface area contributed by atoms with Crippen LogP contribution in [0.15, 0.2) is 41.2 Å². The molecule has 0 aliphatic rings. The molecule has 3 aromatic rings. The quantitative estimate of drug-likeness (QED) is 0.683. The molecule has 0 fully saturated rings. The number of aryl methyl sites for hydroxylation is 1. The summed E-state index contributed by atoms with van der Waals surface area (Å²) in [4.78, 5) is 2.22.